The minimum atomic E-state index is 0.00976. The summed E-state index contributed by atoms with van der Waals surface area (Å²) in [4.78, 5) is 33.8. The van der Waals surface area contributed by atoms with Crippen LogP contribution in [-0.2, 0) is 4.79 Å². The highest BCUT2D eigenvalue weighted by atomic mass is 16.2. The second-order valence-corrected chi connectivity index (χ2v) is 7.93. The van der Waals surface area contributed by atoms with Crippen molar-refractivity contribution in [2.24, 2.45) is 5.92 Å². The van der Waals surface area contributed by atoms with Crippen molar-refractivity contribution >= 4 is 11.8 Å². The SMILES string of the molecule is Cc1ccc(C(=O)N2CCC(C(=O)N3CCCC(c4ncn[nH]4)C3)CC2)cc1. The Morgan fingerprint density at radius 3 is 2.46 bits per heavy atom. The molecular formula is C21H27N5O2. The molecule has 0 bridgehead atoms. The molecule has 7 nitrogen and oxygen atoms in total. The van der Waals surface area contributed by atoms with E-state index in [1.165, 1.54) is 6.33 Å². The Hall–Kier alpha value is -2.70. The maximum atomic E-state index is 13.0. The summed E-state index contributed by atoms with van der Waals surface area (Å²) in [6.45, 7) is 4.81. The molecule has 7 heteroatoms. The number of hydrogen-bond acceptors (Lipinski definition) is 4. The predicted molar refractivity (Wildman–Crippen MR) is 105 cm³/mol. The van der Waals surface area contributed by atoms with Gasteiger partial charge in [-0.05, 0) is 44.7 Å². The Morgan fingerprint density at radius 1 is 1.04 bits per heavy atom. The van der Waals surface area contributed by atoms with E-state index in [0.717, 1.165) is 49.2 Å². The lowest BCUT2D eigenvalue weighted by atomic mass is 9.91. The van der Waals surface area contributed by atoms with E-state index < -0.39 is 0 Å². The van der Waals surface area contributed by atoms with Crippen molar-refractivity contribution in [3.05, 3.63) is 47.5 Å². The number of benzene rings is 1. The molecule has 4 rings (SSSR count). The fourth-order valence-corrected chi connectivity index (χ4v) is 4.28. The average molecular weight is 381 g/mol. The van der Waals surface area contributed by atoms with E-state index in [2.05, 4.69) is 15.2 Å². The number of H-pyrrole nitrogens is 1. The van der Waals surface area contributed by atoms with Gasteiger partial charge in [-0.15, -0.1) is 0 Å². The second kappa shape index (κ2) is 8.12. The number of likely N-dealkylation sites (tertiary alicyclic amines) is 2. The Balaban J connectivity index is 1.32. The van der Waals surface area contributed by atoms with Crippen molar-refractivity contribution in [3.8, 4) is 0 Å². The highest BCUT2D eigenvalue weighted by Gasteiger charge is 2.33. The van der Waals surface area contributed by atoms with Gasteiger partial charge in [-0.2, -0.15) is 5.10 Å². The van der Waals surface area contributed by atoms with Gasteiger partial charge in [0.1, 0.15) is 12.2 Å². The Bertz CT molecular complexity index is 810. The fraction of sp³-hybridized carbons (Fsp3) is 0.524. The van der Waals surface area contributed by atoms with Crippen molar-refractivity contribution < 1.29 is 9.59 Å². The van der Waals surface area contributed by atoms with Gasteiger partial charge in [0.15, 0.2) is 0 Å². The minimum Gasteiger partial charge on any atom is -0.342 e. The zero-order valence-corrected chi connectivity index (χ0v) is 16.3. The van der Waals surface area contributed by atoms with Crippen LogP contribution in [0.15, 0.2) is 30.6 Å². The number of hydrogen-bond donors (Lipinski definition) is 1. The van der Waals surface area contributed by atoms with E-state index in [-0.39, 0.29) is 23.7 Å². The number of aryl methyl sites for hydroxylation is 1. The molecule has 28 heavy (non-hydrogen) atoms. The van der Waals surface area contributed by atoms with Crippen LogP contribution in [0.1, 0.15) is 53.3 Å². The van der Waals surface area contributed by atoms with Crippen molar-refractivity contribution in [1.82, 2.24) is 25.0 Å². The van der Waals surface area contributed by atoms with E-state index in [0.29, 0.717) is 19.6 Å². The zero-order valence-electron chi connectivity index (χ0n) is 16.3. The first-order chi connectivity index (χ1) is 13.6. The Morgan fingerprint density at radius 2 is 1.79 bits per heavy atom. The molecule has 0 spiro atoms. The van der Waals surface area contributed by atoms with Crippen LogP contribution in [0, 0.1) is 12.8 Å². The van der Waals surface area contributed by atoms with Crippen LogP contribution in [0.2, 0.25) is 0 Å². The third-order valence-corrected chi connectivity index (χ3v) is 5.98. The van der Waals surface area contributed by atoms with E-state index in [1.807, 2.05) is 41.0 Å². The molecule has 2 aromatic rings. The maximum Gasteiger partial charge on any atom is 0.253 e. The van der Waals surface area contributed by atoms with Gasteiger partial charge in [-0.3, -0.25) is 14.7 Å². The van der Waals surface area contributed by atoms with Crippen LogP contribution in [0.4, 0.5) is 0 Å². The van der Waals surface area contributed by atoms with Crippen LogP contribution in [0.5, 0.6) is 0 Å². The van der Waals surface area contributed by atoms with Crippen molar-refractivity contribution in [2.45, 2.75) is 38.5 Å². The van der Waals surface area contributed by atoms with Crippen LogP contribution in [-0.4, -0.2) is 63.0 Å². The van der Waals surface area contributed by atoms with Crippen molar-refractivity contribution in [1.29, 1.82) is 0 Å². The largest absolute Gasteiger partial charge is 0.342 e. The molecule has 1 aromatic heterocycles. The molecule has 2 fully saturated rings. The number of carbonyl (C=O) groups excluding carboxylic acids is 2. The van der Waals surface area contributed by atoms with Gasteiger partial charge >= 0.3 is 0 Å². The van der Waals surface area contributed by atoms with Crippen LogP contribution >= 0.6 is 0 Å². The first-order valence-electron chi connectivity index (χ1n) is 10.1. The number of piperidine rings is 2. The molecule has 0 radical (unpaired) electrons. The Labute approximate surface area is 165 Å². The molecule has 1 aromatic carbocycles. The van der Waals surface area contributed by atoms with Gasteiger partial charge in [0.25, 0.3) is 5.91 Å². The molecule has 1 N–H and O–H groups in total. The summed E-state index contributed by atoms with van der Waals surface area (Å²) in [6.07, 6.45) is 5.01. The topological polar surface area (TPSA) is 82.2 Å². The summed E-state index contributed by atoms with van der Waals surface area (Å²) < 4.78 is 0. The molecule has 1 atom stereocenters. The fourth-order valence-electron chi connectivity index (χ4n) is 4.28. The molecule has 148 valence electrons. The lowest BCUT2D eigenvalue weighted by Gasteiger charge is -2.37. The lowest BCUT2D eigenvalue weighted by Crippen LogP contribution is -2.47. The summed E-state index contributed by atoms with van der Waals surface area (Å²) in [6, 6.07) is 7.69. The predicted octanol–water partition coefficient (Wildman–Crippen LogP) is 2.37. The lowest BCUT2D eigenvalue weighted by molar-refractivity contribution is -0.138. The summed E-state index contributed by atoms with van der Waals surface area (Å²) >= 11 is 0. The number of rotatable bonds is 3. The highest BCUT2D eigenvalue weighted by molar-refractivity contribution is 5.94. The number of nitrogens with zero attached hydrogens (tertiary/aromatic N) is 4. The molecule has 0 saturated carbocycles. The van der Waals surface area contributed by atoms with E-state index in [1.54, 1.807) is 0 Å². The third kappa shape index (κ3) is 3.93. The van der Waals surface area contributed by atoms with Crippen molar-refractivity contribution in [2.75, 3.05) is 26.2 Å². The number of aromatic nitrogens is 3. The number of nitrogens with one attached hydrogen (secondary N) is 1. The zero-order chi connectivity index (χ0) is 19.5. The quantitative estimate of drug-likeness (QED) is 0.885. The highest BCUT2D eigenvalue weighted by Crippen LogP contribution is 2.28. The van der Waals surface area contributed by atoms with Crippen LogP contribution in [0.3, 0.4) is 0 Å². The van der Waals surface area contributed by atoms with Gasteiger partial charge in [0.2, 0.25) is 5.91 Å². The molecule has 3 heterocycles. The van der Waals surface area contributed by atoms with Crippen LogP contribution in [0.25, 0.3) is 0 Å². The normalized spacial score (nSPS) is 21.0. The van der Waals surface area contributed by atoms with Gasteiger partial charge < -0.3 is 9.80 Å². The molecule has 2 aliphatic heterocycles. The third-order valence-electron chi connectivity index (χ3n) is 5.98. The summed E-state index contributed by atoms with van der Waals surface area (Å²) in [5.74, 6) is 1.41. The molecule has 1 unspecified atom stereocenters. The molecule has 2 aliphatic rings. The number of amides is 2. The smallest absolute Gasteiger partial charge is 0.253 e. The van der Waals surface area contributed by atoms with Gasteiger partial charge in [0.05, 0.1) is 0 Å². The summed E-state index contributed by atoms with van der Waals surface area (Å²) in [5, 5.41) is 6.87. The standard InChI is InChI=1S/C21H27N5O2/c1-15-4-6-16(7-5-15)20(27)25-11-8-17(9-12-25)21(28)26-10-2-3-18(13-26)19-22-14-23-24-19/h4-7,14,17-18H,2-3,8-13H2,1H3,(H,22,23,24). The van der Waals surface area contributed by atoms with E-state index in [4.69, 9.17) is 0 Å². The van der Waals surface area contributed by atoms with Gasteiger partial charge in [-0.25, -0.2) is 4.98 Å². The molecule has 0 aliphatic carbocycles. The first-order valence-corrected chi connectivity index (χ1v) is 10.1. The molecule has 2 saturated heterocycles. The number of aromatic amines is 1. The van der Waals surface area contributed by atoms with Crippen LogP contribution < -0.4 is 0 Å². The Kier molecular flexibility index (Phi) is 5.41. The molecular weight excluding hydrogens is 354 g/mol. The van der Waals surface area contributed by atoms with E-state index >= 15 is 0 Å². The van der Waals surface area contributed by atoms with E-state index in [9.17, 15) is 9.59 Å². The number of carbonyl (C=O) groups is 2. The monoisotopic (exact) mass is 381 g/mol. The maximum absolute atomic E-state index is 13.0. The molecule has 2 amide bonds. The average Bonchev–Trinajstić information content (AvgIpc) is 3.28. The minimum absolute atomic E-state index is 0.00976. The second-order valence-electron chi connectivity index (χ2n) is 7.93. The summed E-state index contributed by atoms with van der Waals surface area (Å²) in [7, 11) is 0. The van der Waals surface area contributed by atoms with Gasteiger partial charge in [-0.1, -0.05) is 17.7 Å². The van der Waals surface area contributed by atoms with Gasteiger partial charge in [0, 0.05) is 43.6 Å². The first kappa shape index (κ1) is 18.7. The van der Waals surface area contributed by atoms with Crippen molar-refractivity contribution in [3.63, 3.8) is 0 Å². The summed E-state index contributed by atoms with van der Waals surface area (Å²) in [5.41, 5.74) is 1.87.